The monoisotopic (exact) mass is 353 g/mol. The Bertz CT molecular complexity index is 580. The summed E-state index contributed by atoms with van der Waals surface area (Å²) in [5.41, 5.74) is 0. The number of ether oxygens (including phenoxy) is 1. The minimum Gasteiger partial charge on any atom is -0.497 e. The van der Waals surface area contributed by atoms with Gasteiger partial charge in [0, 0.05) is 11.4 Å². The minimum absolute atomic E-state index is 0.826. The predicted molar refractivity (Wildman–Crippen MR) is 85.6 cm³/mol. The molecule has 1 aromatic carbocycles. The van der Waals surface area contributed by atoms with E-state index < -0.39 is 0 Å². The fourth-order valence-corrected chi connectivity index (χ4v) is 2.99. The molecule has 0 radical (unpaired) electrons. The Hall–Kier alpha value is -1.27. The first kappa shape index (κ1) is 15.1. The van der Waals surface area contributed by atoms with Gasteiger partial charge in [0.25, 0.3) is 0 Å². The van der Waals surface area contributed by atoms with Gasteiger partial charge in [0.2, 0.25) is 0 Å². The molecule has 2 aromatic rings. The Morgan fingerprint density at radius 2 is 2.20 bits per heavy atom. The van der Waals surface area contributed by atoms with Crippen molar-refractivity contribution in [3.8, 4) is 5.75 Å². The van der Waals surface area contributed by atoms with Crippen LogP contribution in [0.5, 0.6) is 5.75 Å². The molecule has 0 bridgehead atoms. The smallest absolute Gasteiger partial charge is 0.144 e. The van der Waals surface area contributed by atoms with Gasteiger partial charge >= 0.3 is 0 Å². The van der Waals surface area contributed by atoms with Gasteiger partial charge in [-0.05, 0) is 40.5 Å². The molecule has 0 saturated carbocycles. The van der Waals surface area contributed by atoms with E-state index in [0.717, 1.165) is 38.9 Å². The molecule has 1 aromatic heterocycles. The normalized spacial score (nSPS) is 10.3. The lowest BCUT2D eigenvalue weighted by molar-refractivity contribution is 0.413. The van der Waals surface area contributed by atoms with E-state index >= 15 is 0 Å². The van der Waals surface area contributed by atoms with Gasteiger partial charge in [-0.1, -0.05) is 24.8 Å². The van der Waals surface area contributed by atoms with E-state index in [1.165, 1.54) is 0 Å². The molecule has 1 heterocycles. The summed E-state index contributed by atoms with van der Waals surface area (Å²) in [5.74, 6) is 1.66. The molecular formula is C14H16BrN3OS. The summed E-state index contributed by atoms with van der Waals surface area (Å²) >= 11 is 5.14. The molecule has 1 N–H and O–H groups in total. The van der Waals surface area contributed by atoms with E-state index in [1.807, 2.05) is 24.3 Å². The number of benzene rings is 1. The average Bonchev–Trinajstić information content (AvgIpc) is 2.48. The van der Waals surface area contributed by atoms with Crippen molar-refractivity contribution in [2.75, 3.05) is 19.0 Å². The topological polar surface area (TPSA) is 47.0 Å². The molecule has 20 heavy (non-hydrogen) atoms. The van der Waals surface area contributed by atoms with Crippen molar-refractivity contribution >= 4 is 33.5 Å². The van der Waals surface area contributed by atoms with Gasteiger partial charge in [-0.15, -0.1) is 0 Å². The number of aromatic nitrogens is 2. The minimum atomic E-state index is 0.826. The third kappa shape index (κ3) is 3.86. The van der Waals surface area contributed by atoms with Crippen LogP contribution in [0.1, 0.15) is 13.3 Å². The zero-order valence-corrected chi connectivity index (χ0v) is 13.8. The van der Waals surface area contributed by atoms with Crippen LogP contribution in [0.15, 0.2) is 45.0 Å². The van der Waals surface area contributed by atoms with E-state index in [4.69, 9.17) is 4.74 Å². The standard InChI is InChI=1S/C14H16BrN3OS/c1-3-7-16-13-12(15)14(18-9-17-13)20-11-6-4-5-10(8-11)19-2/h4-6,8-9H,3,7H2,1-2H3,(H,16,17,18). The molecule has 4 nitrogen and oxygen atoms in total. The Balaban J connectivity index is 2.20. The average molecular weight is 354 g/mol. The number of nitrogens with zero attached hydrogens (tertiary/aromatic N) is 2. The largest absolute Gasteiger partial charge is 0.497 e. The Labute approximate surface area is 131 Å². The van der Waals surface area contributed by atoms with Crippen LogP contribution in [0.25, 0.3) is 0 Å². The van der Waals surface area contributed by atoms with E-state index in [1.54, 1.807) is 25.2 Å². The van der Waals surface area contributed by atoms with Gasteiger partial charge in [-0.25, -0.2) is 9.97 Å². The second-order valence-corrected chi connectivity index (χ2v) is 5.90. The van der Waals surface area contributed by atoms with Crippen molar-refractivity contribution in [2.45, 2.75) is 23.3 Å². The lowest BCUT2D eigenvalue weighted by Crippen LogP contribution is -2.03. The van der Waals surface area contributed by atoms with Crippen LogP contribution in [0.2, 0.25) is 0 Å². The Morgan fingerprint density at radius 1 is 1.35 bits per heavy atom. The number of hydrogen-bond donors (Lipinski definition) is 1. The first-order valence-electron chi connectivity index (χ1n) is 6.31. The van der Waals surface area contributed by atoms with Crippen molar-refractivity contribution in [1.29, 1.82) is 0 Å². The zero-order chi connectivity index (χ0) is 14.4. The number of methoxy groups -OCH3 is 1. The van der Waals surface area contributed by atoms with Crippen molar-refractivity contribution in [3.05, 3.63) is 35.1 Å². The van der Waals surface area contributed by atoms with Gasteiger partial charge in [0.05, 0.1) is 11.6 Å². The van der Waals surface area contributed by atoms with Gasteiger partial charge in [0.1, 0.15) is 22.9 Å². The highest BCUT2D eigenvalue weighted by Crippen LogP contribution is 2.35. The van der Waals surface area contributed by atoms with Crippen LogP contribution in [0, 0.1) is 0 Å². The summed E-state index contributed by atoms with van der Waals surface area (Å²) in [6.07, 6.45) is 2.63. The number of anilines is 1. The molecule has 106 valence electrons. The van der Waals surface area contributed by atoms with Gasteiger partial charge in [-0.2, -0.15) is 0 Å². The third-order valence-electron chi connectivity index (χ3n) is 2.56. The van der Waals surface area contributed by atoms with Gasteiger partial charge < -0.3 is 10.1 Å². The van der Waals surface area contributed by atoms with Crippen LogP contribution >= 0.6 is 27.7 Å². The number of halogens is 1. The first-order valence-corrected chi connectivity index (χ1v) is 7.91. The van der Waals surface area contributed by atoms with Crippen LogP contribution < -0.4 is 10.1 Å². The lowest BCUT2D eigenvalue weighted by atomic mass is 10.3. The van der Waals surface area contributed by atoms with Crippen molar-refractivity contribution in [3.63, 3.8) is 0 Å². The fraction of sp³-hybridized carbons (Fsp3) is 0.286. The molecule has 0 aliphatic heterocycles. The molecule has 0 spiro atoms. The fourth-order valence-electron chi connectivity index (χ4n) is 1.57. The summed E-state index contributed by atoms with van der Waals surface area (Å²) in [6.45, 7) is 3.01. The van der Waals surface area contributed by atoms with Gasteiger partial charge in [-0.3, -0.25) is 0 Å². The summed E-state index contributed by atoms with van der Waals surface area (Å²) < 4.78 is 6.12. The van der Waals surface area contributed by atoms with Crippen molar-refractivity contribution in [1.82, 2.24) is 9.97 Å². The summed E-state index contributed by atoms with van der Waals surface area (Å²) in [7, 11) is 1.66. The molecule has 0 saturated heterocycles. The molecule has 6 heteroatoms. The van der Waals surface area contributed by atoms with Crippen molar-refractivity contribution in [2.24, 2.45) is 0 Å². The second kappa shape index (κ2) is 7.50. The molecular weight excluding hydrogens is 338 g/mol. The molecule has 2 rings (SSSR count). The highest BCUT2D eigenvalue weighted by Gasteiger charge is 2.10. The number of hydrogen-bond acceptors (Lipinski definition) is 5. The van der Waals surface area contributed by atoms with Crippen LogP contribution in [0.4, 0.5) is 5.82 Å². The third-order valence-corrected chi connectivity index (χ3v) is 4.56. The van der Waals surface area contributed by atoms with Crippen LogP contribution in [-0.4, -0.2) is 23.6 Å². The summed E-state index contributed by atoms with van der Waals surface area (Å²) in [4.78, 5) is 9.64. The van der Waals surface area contributed by atoms with E-state index in [-0.39, 0.29) is 0 Å². The van der Waals surface area contributed by atoms with E-state index in [9.17, 15) is 0 Å². The second-order valence-electron chi connectivity index (χ2n) is 4.05. The maximum absolute atomic E-state index is 5.23. The molecule has 0 aliphatic rings. The molecule has 0 atom stereocenters. The highest BCUT2D eigenvalue weighted by atomic mass is 79.9. The summed E-state index contributed by atoms with van der Waals surface area (Å²) in [6, 6.07) is 7.90. The first-order chi connectivity index (χ1) is 9.74. The summed E-state index contributed by atoms with van der Waals surface area (Å²) in [5, 5.41) is 4.16. The molecule has 0 unspecified atom stereocenters. The molecule has 0 fully saturated rings. The Morgan fingerprint density at radius 3 is 2.95 bits per heavy atom. The van der Waals surface area contributed by atoms with Crippen molar-refractivity contribution < 1.29 is 4.74 Å². The predicted octanol–water partition coefficient (Wildman–Crippen LogP) is 4.22. The zero-order valence-electron chi connectivity index (χ0n) is 11.4. The van der Waals surface area contributed by atoms with E-state index in [2.05, 4.69) is 38.1 Å². The maximum atomic E-state index is 5.23. The van der Waals surface area contributed by atoms with Crippen LogP contribution in [-0.2, 0) is 0 Å². The highest BCUT2D eigenvalue weighted by molar-refractivity contribution is 9.10. The lowest BCUT2D eigenvalue weighted by Gasteiger charge is -2.09. The Kier molecular flexibility index (Phi) is 5.67. The van der Waals surface area contributed by atoms with E-state index in [0.29, 0.717) is 0 Å². The maximum Gasteiger partial charge on any atom is 0.144 e. The van der Waals surface area contributed by atoms with Crippen LogP contribution in [0.3, 0.4) is 0 Å². The SMILES string of the molecule is CCCNc1ncnc(Sc2cccc(OC)c2)c1Br. The molecule has 0 aliphatic carbocycles. The molecule has 0 amide bonds. The number of nitrogens with one attached hydrogen (secondary N) is 1. The quantitative estimate of drug-likeness (QED) is 0.787. The number of rotatable bonds is 6. The van der Waals surface area contributed by atoms with Gasteiger partial charge in [0.15, 0.2) is 0 Å².